The Labute approximate surface area is 196 Å². The molecule has 0 bridgehead atoms. The molecule has 10 heteroatoms. The molecule has 2 aromatic rings. The molecule has 0 radical (unpaired) electrons. The van der Waals surface area contributed by atoms with Gasteiger partial charge in [0.2, 0.25) is 0 Å². The highest BCUT2D eigenvalue weighted by atomic mass is 79.9. The van der Waals surface area contributed by atoms with Crippen molar-refractivity contribution >= 4 is 45.2 Å². The first-order chi connectivity index (χ1) is 15.3. The van der Waals surface area contributed by atoms with Gasteiger partial charge >= 0.3 is 11.9 Å². The van der Waals surface area contributed by atoms with Crippen LogP contribution in [0.15, 0.2) is 69.6 Å². The Kier molecular flexibility index (Phi) is 6.87. The lowest BCUT2D eigenvalue weighted by Crippen LogP contribution is -2.41. The topological polar surface area (TPSA) is 106 Å². The van der Waals surface area contributed by atoms with Crippen molar-refractivity contribution in [2.24, 2.45) is 5.73 Å². The van der Waals surface area contributed by atoms with Gasteiger partial charge < -0.3 is 15.2 Å². The van der Waals surface area contributed by atoms with Crippen LogP contribution >= 0.6 is 27.5 Å². The molecule has 0 aliphatic carbocycles. The van der Waals surface area contributed by atoms with Gasteiger partial charge in [-0.3, -0.25) is 4.90 Å². The maximum absolute atomic E-state index is 14.4. The summed E-state index contributed by atoms with van der Waals surface area (Å²) in [6, 6.07) is 12.8. The molecule has 0 saturated heterocycles. The molecule has 0 amide bonds. The number of hydrogen-bond acceptors (Lipinski definition) is 7. The molecule has 32 heavy (non-hydrogen) atoms. The summed E-state index contributed by atoms with van der Waals surface area (Å²) in [6.45, 7) is 0. The Morgan fingerprint density at radius 3 is 2.38 bits per heavy atom. The van der Waals surface area contributed by atoms with E-state index in [4.69, 9.17) is 26.8 Å². The zero-order valence-corrected chi connectivity index (χ0v) is 19.2. The van der Waals surface area contributed by atoms with E-state index >= 15 is 0 Å². The van der Waals surface area contributed by atoms with Crippen LogP contribution in [0.1, 0.15) is 11.5 Å². The standard InChI is InChI=1S/C22H16BrClFN3O4/c1-31-21(29)18-17(11-6-4-3-5-7-11)12(10-26)20(27)28(19(18)22(30)32-2)16-9-15(25)13(23)8-14(16)24/h3-9,17H,27H2,1-2H3. The number of allylic oxidation sites excluding steroid dienone is 1. The summed E-state index contributed by atoms with van der Waals surface area (Å²) in [5.74, 6) is -3.79. The zero-order valence-electron chi connectivity index (χ0n) is 16.9. The van der Waals surface area contributed by atoms with Crippen LogP contribution in [0.4, 0.5) is 10.1 Å². The Hall–Kier alpha value is -3.35. The minimum atomic E-state index is -1.03. The molecule has 0 spiro atoms. The largest absolute Gasteiger partial charge is 0.466 e. The fourth-order valence-electron chi connectivity index (χ4n) is 3.45. The van der Waals surface area contributed by atoms with Crippen molar-refractivity contribution in [1.82, 2.24) is 0 Å². The zero-order chi connectivity index (χ0) is 23.6. The van der Waals surface area contributed by atoms with E-state index in [0.717, 1.165) is 25.2 Å². The average Bonchev–Trinajstić information content (AvgIpc) is 2.80. The number of nitriles is 1. The fourth-order valence-corrected chi connectivity index (χ4v) is 4.17. The molecule has 1 heterocycles. The molecule has 1 unspecified atom stereocenters. The van der Waals surface area contributed by atoms with E-state index in [1.54, 1.807) is 30.3 Å². The Morgan fingerprint density at radius 1 is 1.19 bits per heavy atom. The van der Waals surface area contributed by atoms with Crippen LogP contribution in [0.5, 0.6) is 0 Å². The summed E-state index contributed by atoms with van der Waals surface area (Å²) in [7, 11) is 2.25. The molecule has 1 aliphatic heterocycles. The van der Waals surface area contributed by atoms with Gasteiger partial charge in [-0.2, -0.15) is 5.26 Å². The molecule has 1 atom stereocenters. The minimum Gasteiger partial charge on any atom is -0.466 e. The molecule has 7 nitrogen and oxygen atoms in total. The SMILES string of the molecule is COC(=O)C1=C(C(=O)OC)N(c2cc(F)c(Br)cc2Cl)C(N)=C(C#N)C1c1ccccc1. The first-order valence-corrected chi connectivity index (χ1v) is 10.2. The number of carbonyl (C=O) groups is 2. The molecular weight excluding hydrogens is 505 g/mol. The molecule has 3 rings (SSSR count). The van der Waals surface area contributed by atoms with Crippen molar-refractivity contribution in [3.8, 4) is 6.07 Å². The van der Waals surface area contributed by atoms with E-state index in [1.807, 2.05) is 6.07 Å². The third-order valence-electron chi connectivity index (χ3n) is 4.84. The van der Waals surface area contributed by atoms with E-state index in [2.05, 4.69) is 15.9 Å². The molecular formula is C22H16BrClFN3O4. The van der Waals surface area contributed by atoms with E-state index in [1.165, 1.54) is 6.07 Å². The quantitative estimate of drug-likeness (QED) is 0.477. The van der Waals surface area contributed by atoms with Gasteiger partial charge in [-0.05, 0) is 27.6 Å². The third-order valence-corrected chi connectivity index (χ3v) is 5.75. The fraction of sp³-hybridized carbons (Fsp3) is 0.136. The molecule has 0 fully saturated rings. The maximum atomic E-state index is 14.4. The molecule has 0 saturated carbocycles. The number of hydrogen-bond donors (Lipinski definition) is 1. The number of methoxy groups -OCH3 is 2. The lowest BCUT2D eigenvalue weighted by atomic mass is 9.81. The Morgan fingerprint density at radius 2 is 1.81 bits per heavy atom. The molecule has 0 aromatic heterocycles. The number of carbonyl (C=O) groups excluding carboxylic acids is 2. The van der Waals surface area contributed by atoms with Crippen molar-refractivity contribution in [3.63, 3.8) is 0 Å². The van der Waals surface area contributed by atoms with Gasteiger partial charge in [-0.15, -0.1) is 0 Å². The summed E-state index contributed by atoms with van der Waals surface area (Å²) in [5.41, 5.74) is 6.19. The van der Waals surface area contributed by atoms with Crippen LogP contribution in [0, 0.1) is 17.1 Å². The monoisotopic (exact) mass is 519 g/mol. The number of nitrogens with two attached hydrogens (primary N) is 1. The number of esters is 2. The summed E-state index contributed by atoms with van der Waals surface area (Å²) in [5, 5.41) is 9.96. The summed E-state index contributed by atoms with van der Waals surface area (Å²) < 4.78 is 24.3. The highest BCUT2D eigenvalue weighted by molar-refractivity contribution is 9.10. The Bertz CT molecular complexity index is 1210. The van der Waals surface area contributed by atoms with Crippen LogP contribution in [0.3, 0.4) is 0 Å². The average molecular weight is 521 g/mol. The van der Waals surface area contributed by atoms with Gasteiger partial charge in [0.15, 0.2) is 0 Å². The van der Waals surface area contributed by atoms with Crippen molar-refractivity contribution in [3.05, 3.63) is 86.0 Å². The smallest absolute Gasteiger partial charge is 0.355 e. The van der Waals surface area contributed by atoms with E-state index in [9.17, 15) is 19.2 Å². The van der Waals surface area contributed by atoms with Crippen LogP contribution in [0.25, 0.3) is 0 Å². The maximum Gasteiger partial charge on any atom is 0.355 e. The van der Waals surface area contributed by atoms with E-state index in [-0.39, 0.29) is 37.8 Å². The second-order valence-corrected chi connectivity index (χ2v) is 7.81. The van der Waals surface area contributed by atoms with Crippen LogP contribution in [-0.4, -0.2) is 26.2 Å². The molecule has 2 N–H and O–H groups in total. The van der Waals surface area contributed by atoms with Gasteiger partial charge in [-0.25, -0.2) is 14.0 Å². The summed E-state index contributed by atoms with van der Waals surface area (Å²) in [4.78, 5) is 26.9. The van der Waals surface area contributed by atoms with Gasteiger partial charge in [0.25, 0.3) is 0 Å². The number of nitrogens with zero attached hydrogens (tertiary/aromatic N) is 2. The lowest BCUT2D eigenvalue weighted by Gasteiger charge is -2.36. The van der Waals surface area contributed by atoms with Crippen molar-refractivity contribution in [1.29, 1.82) is 5.26 Å². The van der Waals surface area contributed by atoms with Gasteiger partial charge in [-0.1, -0.05) is 41.9 Å². The van der Waals surface area contributed by atoms with Crippen molar-refractivity contribution in [2.45, 2.75) is 5.92 Å². The van der Waals surface area contributed by atoms with Crippen molar-refractivity contribution in [2.75, 3.05) is 19.1 Å². The first-order valence-electron chi connectivity index (χ1n) is 9.06. The van der Waals surface area contributed by atoms with Crippen LogP contribution < -0.4 is 10.6 Å². The number of rotatable bonds is 4. The Balaban J connectivity index is 2.46. The number of ether oxygens (including phenoxy) is 2. The normalized spacial score (nSPS) is 16.0. The van der Waals surface area contributed by atoms with E-state index in [0.29, 0.717) is 5.56 Å². The number of benzene rings is 2. The number of halogens is 3. The van der Waals surface area contributed by atoms with Crippen LogP contribution in [0.2, 0.25) is 5.02 Å². The highest BCUT2D eigenvalue weighted by Gasteiger charge is 2.43. The van der Waals surface area contributed by atoms with Gasteiger partial charge in [0, 0.05) is 6.07 Å². The van der Waals surface area contributed by atoms with Crippen molar-refractivity contribution < 1.29 is 23.5 Å². The second-order valence-electron chi connectivity index (χ2n) is 6.55. The molecule has 2 aromatic carbocycles. The summed E-state index contributed by atoms with van der Waals surface area (Å²) in [6.07, 6.45) is 0. The third kappa shape index (κ3) is 3.95. The number of anilines is 1. The minimum absolute atomic E-state index is 0.00212. The van der Waals surface area contributed by atoms with Crippen LogP contribution in [-0.2, 0) is 19.1 Å². The second kappa shape index (κ2) is 9.42. The van der Waals surface area contributed by atoms with Gasteiger partial charge in [0.05, 0.1) is 52.5 Å². The molecule has 164 valence electrons. The lowest BCUT2D eigenvalue weighted by molar-refractivity contribution is -0.139. The van der Waals surface area contributed by atoms with Gasteiger partial charge in [0.1, 0.15) is 17.3 Å². The predicted octanol–water partition coefficient (Wildman–Crippen LogP) is 4.14. The molecule has 1 aliphatic rings. The van der Waals surface area contributed by atoms with E-state index < -0.39 is 23.7 Å². The first kappa shape index (κ1) is 23.3. The highest BCUT2D eigenvalue weighted by Crippen LogP contribution is 2.45. The summed E-state index contributed by atoms with van der Waals surface area (Å²) >= 11 is 9.37. The predicted molar refractivity (Wildman–Crippen MR) is 119 cm³/mol.